The molecule has 174 valence electrons. The van der Waals surface area contributed by atoms with Crippen molar-refractivity contribution in [1.82, 2.24) is 14.8 Å². The Balaban J connectivity index is 1.54. The van der Waals surface area contributed by atoms with Crippen molar-refractivity contribution in [2.75, 3.05) is 51.3 Å². The van der Waals surface area contributed by atoms with Crippen LogP contribution in [-0.4, -0.2) is 78.9 Å². The monoisotopic (exact) mass is 450 g/mol. The van der Waals surface area contributed by atoms with E-state index in [1.165, 1.54) is 12.0 Å². The lowest BCUT2D eigenvalue weighted by Gasteiger charge is -2.37. The van der Waals surface area contributed by atoms with Gasteiger partial charge in [0.15, 0.2) is 0 Å². The average molecular weight is 451 g/mol. The van der Waals surface area contributed by atoms with Gasteiger partial charge in [-0.1, -0.05) is 30.3 Å². The molecule has 8 nitrogen and oxygen atoms in total. The Kier molecular flexibility index (Phi) is 6.74. The minimum atomic E-state index is -1.18. The lowest BCUT2D eigenvalue weighted by atomic mass is 9.74. The molecule has 0 bridgehead atoms. The first-order valence-electron chi connectivity index (χ1n) is 11.3. The van der Waals surface area contributed by atoms with E-state index < -0.39 is 5.41 Å². The van der Waals surface area contributed by atoms with Gasteiger partial charge >= 0.3 is 0 Å². The number of likely N-dealkylation sites (tertiary alicyclic amines) is 1. The minimum Gasteiger partial charge on any atom is -0.383 e. The summed E-state index contributed by atoms with van der Waals surface area (Å²) >= 11 is 0. The zero-order valence-electron chi connectivity index (χ0n) is 19.2. The first kappa shape index (κ1) is 22.9. The van der Waals surface area contributed by atoms with Crippen molar-refractivity contribution < 1.29 is 19.1 Å². The molecule has 1 atom stereocenters. The lowest BCUT2D eigenvalue weighted by Crippen LogP contribution is -2.51. The van der Waals surface area contributed by atoms with Crippen LogP contribution in [0.4, 0.5) is 5.82 Å². The van der Waals surface area contributed by atoms with Gasteiger partial charge in [0.2, 0.25) is 17.7 Å². The molecule has 0 spiro atoms. The maximum Gasteiger partial charge on any atom is 0.240 e. The second-order valence-electron chi connectivity index (χ2n) is 8.65. The number of anilines is 1. The SMILES string of the molecule is COCCN1C(=O)C[C@@](CC(=O)N2CCN(c3ccccn3)CC2)(c2ccccc2C)C1=O. The van der Waals surface area contributed by atoms with Gasteiger partial charge in [-0.15, -0.1) is 0 Å². The summed E-state index contributed by atoms with van der Waals surface area (Å²) < 4.78 is 5.09. The van der Waals surface area contributed by atoms with Gasteiger partial charge in [0.25, 0.3) is 0 Å². The first-order valence-corrected chi connectivity index (χ1v) is 11.3. The zero-order chi connectivity index (χ0) is 23.4. The normalized spacial score (nSPS) is 21.1. The van der Waals surface area contributed by atoms with E-state index >= 15 is 0 Å². The average Bonchev–Trinajstić information content (AvgIpc) is 3.07. The number of methoxy groups -OCH3 is 1. The number of ether oxygens (including phenoxy) is 1. The number of imide groups is 1. The molecule has 2 aliphatic rings. The molecule has 2 aromatic rings. The van der Waals surface area contributed by atoms with E-state index in [1.807, 2.05) is 49.4 Å². The molecular formula is C25H30N4O4. The van der Waals surface area contributed by atoms with E-state index in [4.69, 9.17) is 4.74 Å². The highest BCUT2D eigenvalue weighted by Crippen LogP contribution is 2.41. The molecule has 0 unspecified atom stereocenters. The summed E-state index contributed by atoms with van der Waals surface area (Å²) in [6, 6.07) is 13.3. The number of carbonyl (C=O) groups is 3. The molecule has 0 N–H and O–H groups in total. The van der Waals surface area contributed by atoms with Crippen LogP contribution in [-0.2, 0) is 24.5 Å². The molecular weight excluding hydrogens is 420 g/mol. The van der Waals surface area contributed by atoms with Crippen LogP contribution in [0.1, 0.15) is 24.0 Å². The van der Waals surface area contributed by atoms with Crippen molar-refractivity contribution in [3.05, 3.63) is 59.8 Å². The number of rotatable bonds is 7. The highest BCUT2D eigenvalue weighted by Gasteiger charge is 2.54. The summed E-state index contributed by atoms with van der Waals surface area (Å²) in [6.07, 6.45) is 1.74. The Morgan fingerprint density at radius 1 is 1.06 bits per heavy atom. The molecule has 0 saturated carbocycles. The second kappa shape index (κ2) is 9.70. The number of hydrogen-bond donors (Lipinski definition) is 0. The molecule has 8 heteroatoms. The van der Waals surface area contributed by atoms with E-state index in [9.17, 15) is 14.4 Å². The molecule has 1 aromatic carbocycles. The summed E-state index contributed by atoms with van der Waals surface area (Å²) in [4.78, 5) is 49.5. The Hall–Kier alpha value is -3.26. The topological polar surface area (TPSA) is 83.1 Å². The Morgan fingerprint density at radius 2 is 1.79 bits per heavy atom. The number of benzene rings is 1. The number of nitrogens with zero attached hydrogens (tertiary/aromatic N) is 4. The summed E-state index contributed by atoms with van der Waals surface area (Å²) in [5.74, 6) is 0.229. The number of amides is 3. The fourth-order valence-electron chi connectivity index (χ4n) is 4.86. The summed E-state index contributed by atoms with van der Waals surface area (Å²) in [7, 11) is 1.54. The third-order valence-electron chi connectivity index (χ3n) is 6.65. The zero-order valence-corrected chi connectivity index (χ0v) is 19.2. The molecule has 0 aliphatic carbocycles. The predicted octanol–water partition coefficient (Wildman–Crippen LogP) is 1.77. The predicted molar refractivity (Wildman–Crippen MR) is 124 cm³/mol. The van der Waals surface area contributed by atoms with Crippen molar-refractivity contribution in [1.29, 1.82) is 0 Å². The van der Waals surface area contributed by atoms with Crippen LogP contribution in [0.2, 0.25) is 0 Å². The standard InChI is InChI=1S/C25H30N4O4/c1-19-7-3-4-8-20(19)25(18-23(31)29(24(25)32)15-16-33-2)17-22(30)28-13-11-27(12-14-28)21-9-5-6-10-26-21/h3-10H,11-18H2,1-2H3/t25-/m0/s1. The molecule has 3 heterocycles. The van der Waals surface area contributed by atoms with Crippen molar-refractivity contribution in [3.8, 4) is 0 Å². The number of aromatic nitrogens is 1. The van der Waals surface area contributed by atoms with E-state index in [-0.39, 0.29) is 43.7 Å². The highest BCUT2D eigenvalue weighted by molar-refractivity contribution is 6.11. The molecule has 33 heavy (non-hydrogen) atoms. The minimum absolute atomic E-state index is 0.0000410. The number of hydrogen-bond acceptors (Lipinski definition) is 6. The highest BCUT2D eigenvalue weighted by atomic mass is 16.5. The van der Waals surface area contributed by atoms with Crippen LogP contribution in [0.5, 0.6) is 0 Å². The van der Waals surface area contributed by atoms with Gasteiger partial charge < -0.3 is 14.5 Å². The molecule has 0 radical (unpaired) electrons. The van der Waals surface area contributed by atoms with Crippen LogP contribution in [0.3, 0.4) is 0 Å². The van der Waals surface area contributed by atoms with Crippen molar-refractivity contribution in [3.63, 3.8) is 0 Å². The van der Waals surface area contributed by atoms with E-state index in [0.29, 0.717) is 26.2 Å². The molecule has 1 aromatic heterocycles. The van der Waals surface area contributed by atoms with Crippen LogP contribution in [0.15, 0.2) is 48.7 Å². The van der Waals surface area contributed by atoms with Crippen molar-refractivity contribution in [2.45, 2.75) is 25.2 Å². The summed E-state index contributed by atoms with van der Waals surface area (Å²) in [5.41, 5.74) is 0.481. The van der Waals surface area contributed by atoms with Crippen LogP contribution in [0, 0.1) is 6.92 Å². The Bertz CT molecular complexity index is 1020. The number of carbonyl (C=O) groups excluding carboxylic acids is 3. The number of aryl methyl sites for hydroxylation is 1. The Morgan fingerprint density at radius 3 is 2.45 bits per heavy atom. The molecule has 3 amide bonds. The third kappa shape index (κ3) is 4.48. The summed E-state index contributed by atoms with van der Waals surface area (Å²) in [6.45, 7) is 4.83. The van der Waals surface area contributed by atoms with Crippen molar-refractivity contribution >= 4 is 23.5 Å². The quantitative estimate of drug-likeness (QED) is 0.598. The maximum absolute atomic E-state index is 13.6. The largest absolute Gasteiger partial charge is 0.383 e. The van der Waals surface area contributed by atoms with Crippen LogP contribution >= 0.6 is 0 Å². The van der Waals surface area contributed by atoms with E-state index in [2.05, 4.69) is 9.88 Å². The lowest BCUT2D eigenvalue weighted by molar-refractivity contribution is -0.143. The van der Waals surface area contributed by atoms with Gasteiger partial charge in [-0.25, -0.2) is 4.98 Å². The smallest absolute Gasteiger partial charge is 0.240 e. The Labute approximate surface area is 194 Å². The fraction of sp³-hybridized carbons (Fsp3) is 0.440. The van der Waals surface area contributed by atoms with Crippen LogP contribution < -0.4 is 4.90 Å². The molecule has 2 fully saturated rings. The van der Waals surface area contributed by atoms with Crippen molar-refractivity contribution in [2.24, 2.45) is 0 Å². The second-order valence-corrected chi connectivity index (χ2v) is 8.65. The van der Waals surface area contributed by atoms with Gasteiger partial charge in [0.1, 0.15) is 5.82 Å². The summed E-state index contributed by atoms with van der Waals surface area (Å²) in [5, 5.41) is 0. The van der Waals surface area contributed by atoms with Gasteiger partial charge in [0, 0.05) is 52.3 Å². The third-order valence-corrected chi connectivity index (χ3v) is 6.65. The van der Waals surface area contributed by atoms with Gasteiger partial charge in [0.05, 0.1) is 18.6 Å². The van der Waals surface area contributed by atoms with E-state index in [1.54, 1.807) is 11.1 Å². The van der Waals surface area contributed by atoms with Gasteiger partial charge in [-0.2, -0.15) is 0 Å². The van der Waals surface area contributed by atoms with Gasteiger partial charge in [-0.3, -0.25) is 19.3 Å². The number of pyridine rings is 1. The van der Waals surface area contributed by atoms with Crippen LogP contribution in [0.25, 0.3) is 0 Å². The molecule has 2 saturated heterocycles. The molecule has 2 aliphatic heterocycles. The molecule has 4 rings (SSSR count). The fourth-order valence-corrected chi connectivity index (χ4v) is 4.86. The first-order chi connectivity index (χ1) is 16.0. The van der Waals surface area contributed by atoms with E-state index in [0.717, 1.165) is 16.9 Å². The number of piperazine rings is 1. The maximum atomic E-state index is 13.6. The van der Waals surface area contributed by atoms with Gasteiger partial charge in [-0.05, 0) is 30.2 Å².